The van der Waals surface area contributed by atoms with Gasteiger partial charge in [-0.1, -0.05) is 13.8 Å². The van der Waals surface area contributed by atoms with Crippen molar-refractivity contribution in [1.82, 2.24) is 5.32 Å². The maximum atomic E-state index is 9.45. The third-order valence-electron chi connectivity index (χ3n) is 2.07. The standard InChI is InChI=1S/C7H15NO2.C2H6/c1-5-7(9)6(8-2)3-4-10-5;1-2/h5-9H,3-4H2,1-2H3;1-2H3. The smallest absolute Gasteiger partial charge is 0.0952 e. The minimum atomic E-state index is -0.348. The monoisotopic (exact) mass is 175 g/mol. The van der Waals surface area contributed by atoms with Crippen LogP contribution in [0.15, 0.2) is 0 Å². The Morgan fingerprint density at radius 1 is 1.42 bits per heavy atom. The number of aliphatic hydroxyl groups excluding tert-OH is 1. The largest absolute Gasteiger partial charge is 0.389 e. The molecule has 0 aromatic carbocycles. The Balaban J connectivity index is 0.000000561. The van der Waals surface area contributed by atoms with Crippen LogP contribution < -0.4 is 5.32 Å². The molecule has 2 N–H and O–H groups in total. The number of aliphatic hydroxyl groups is 1. The average molecular weight is 175 g/mol. The zero-order valence-electron chi connectivity index (χ0n) is 8.50. The minimum Gasteiger partial charge on any atom is -0.389 e. The van der Waals surface area contributed by atoms with Gasteiger partial charge in [0.05, 0.1) is 12.2 Å². The maximum absolute atomic E-state index is 9.45. The van der Waals surface area contributed by atoms with Crippen molar-refractivity contribution >= 4 is 0 Å². The van der Waals surface area contributed by atoms with Crippen LogP contribution in [0.5, 0.6) is 0 Å². The Morgan fingerprint density at radius 3 is 2.42 bits per heavy atom. The molecule has 3 atom stereocenters. The Hall–Kier alpha value is -0.120. The molecular weight excluding hydrogens is 154 g/mol. The van der Waals surface area contributed by atoms with Crippen molar-refractivity contribution in [2.24, 2.45) is 0 Å². The van der Waals surface area contributed by atoms with Crippen LogP contribution in [0.2, 0.25) is 0 Å². The number of hydrogen-bond acceptors (Lipinski definition) is 3. The van der Waals surface area contributed by atoms with Gasteiger partial charge in [-0.05, 0) is 20.4 Å². The molecule has 0 aromatic rings. The summed E-state index contributed by atoms with van der Waals surface area (Å²) < 4.78 is 5.23. The summed E-state index contributed by atoms with van der Waals surface area (Å²) in [5, 5.41) is 12.5. The van der Waals surface area contributed by atoms with Gasteiger partial charge in [-0.15, -0.1) is 0 Å². The van der Waals surface area contributed by atoms with Crippen molar-refractivity contribution in [3.05, 3.63) is 0 Å². The van der Waals surface area contributed by atoms with E-state index in [4.69, 9.17) is 4.74 Å². The van der Waals surface area contributed by atoms with Gasteiger partial charge in [0.15, 0.2) is 0 Å². The molecule has 0 spiro atoms. The number of likely N-dealkylation sites (N-methyl/N-ethyl adjacent to an activating group) is 1. The Labute approximate surface area is 75.1 Å². The molecule has 1 heterocycles. The lowest BCUT2D eigenvalue weighted by Gasteiger charge is -2.32. The molecule has 12 heavy (non-hydrogen) atoms. The van der Waals surface area contributed by atoms with E-state index in [2.05, 4.69) is 5.32 Å². The van der Waals surface area contributed by atoms with Crippen LogP contribution in [-0.2, 0) is 4.74 Å². The number of ether oxygens (including phenoxy) is 1. The molecule has 1 saturated heterocycles. The molecule has 0 aliphatic carbocycles. The summed E-state index contributed by atoms with van der Waals surface area (Å²) in [5.41, 5.74) is 0. The van der Waals surface area contributed by atoms with Gasteiger partial charge in [0.1, 0.15) is 0 Å². The van der Waals surface area contributed by atoms with Gasteiger partial charge in [-0.2, -0.15) is 0 Å². The molecule has 0 bridgehead atoms. The summed E-state index contributed by atoms with van der Waals surface area (Å²) >= 11 is 0. The summed E-state index contributed by atoms with van der Waals surface area (Å²) in [6.07, 6.45) is 0.534. The summed E-state index contributed by atoms with van der Waals surface area (Å²) in [7, 11) is 1.87. The third-order valence-corrected chi connectivity index (χ3v) is 2.07. The van der Waals surface area contributed by atoms with Crippen LogP contribution in [-0.4, -0.2) is 37.0 Å². The zero-order valence-corrected chi connectivity index (χ0v) is 8.50. The lowest BCUT2D eigenvalue weighted by Crippen LogP contribution is -2.49. The van der Waals surface area contributed by atoms with Crippen molar-refractivity contribution in [3.8, 4) is 0 Å². The van der Waals surface area contributed by atoms with Gasteiger partial charge in [0.25, 0.3) is 0 Å². The van der Waals surface area contributed by atoms with E-state index in [1.54, 1.807) is 0 Å². The molecule has 3 unspecified atom stereocenters. The van der Waals surface area contributed by atoms with Crippen LogP contribution in [0.3, 0.4) is 0 Å². The lowest BCUT2D eigenvalue weighted by atomic mass is 10.0. The van der Waals surface area contributed by atoms with Crippen LogP contribution >= 0.6 is 0 Å². The molecule has 0 saturated carbocycles. The fraction of sp³-hybridized carbons (Fsp3) is 1.00. The van der Waals surface area contributed by atoms with Crippen LogP contribution in [0.25, 0.3) is 0 Å². The molecule has 74 valence electrons. The van der Waals surface area contributed by atoms with Crippen LogP contribution in [0.1, 0.15) is 27.2 Å². The summed E-state index contributed by atoms with van der Waals surface area (Å²) in [6.45, 7) is 6.65. The fourth-order valence-electron chi connectivity index (χ4n) is 1.29. The molecule has 3 nitrogen and oxygen atoms in total. The Kier molecular flexibility index (Phi) is 6.34. The average Bonchev–Trinajstić information content (AvgIpc) is 2.13. The van der Waals surface area contributed by atoms with Crippen molar-refractivity contribution in [3.63, 3.8) is 0 Å². The predicted octanol–water partition coefficient (Wildman–Crippen LogP) is 0.770. The quantitative estimate of drug-likeness (QED) is 0.618. The molecule has 1 aliphatic heterocycles. The second kappa shape index (κ2) is 6.40. The normalized spacial score (nSPS) is 35.2. The van der Waals surface area contributed by atoms with E-state index in [1.807, 2.05) is 27.8 Å². The van der Waals surface area contributed by atoms with Gasteiger partial charge in [0.2, 0.25) is 0 Å². The first-order chi connectivity index (χ1) is 5.75. The summed E-state index contributed by atoms with van der Waals surface area (Å²) in [4.78, 5) is 0. The van der Waals surface area contributed by atoms with E-state index in [9.17, 15) is 5.11 Å². The number of rotatable bonds is 1. The van der Waals surface area contributed by atoms with Crippen molar-refractivity contribution in [2.45, 2.75) is 45.4 Å². The van der Waals surface area contributed by atoms with Crippen molar-refractivity contribution < 1.29 is 9.84 Å². The van der Waals surface area contributed by atoms with Crippen LogP contribution in [0, 0.1) is 0 Å². The Bertz CT molecular complexity index is 109. The summed E-state index contributed by atoms with van der Waals surface area (Å²) in [5.74, 6) is 0. The van der Waals surface area contributed by atoms with Gasteiger partial charge < -0.3 is 15.2 Å². The molecule has 1 aliphatic rings. The highest BCUT2D eigenvalue weighted by Crippen LogP contribution is 2.13. The number of nitrogens with one attached hydrogen (secondary N) is 1. The first-order valence-corrected chi connectivity index (χ1v) is 4.72. The van der Waals surface area contributed by atoms with E-state index < -0.39 is 0 Å². The minimum absolute atomic E-state index is 0.0220. The molecule has 0 aromatic heterocycles. The molecule has 0 amide bonds. The van der Waals surface area contributed by atoms with E-state index in [1.165, 1.54) is 0 Å². The predicted molar refractivity (Wildman–Crippen MR) is 50.2 cm³/mol. The Morgan fingerprint density at radius 2 is 2.00 bits per heavy atom. The topological polar surface area (TPSA) is 41.5 Å². The van der Waals surface area contributed by atoms with Crippen molar-refractivity contribution in [1.29, 1.82) is 0 Å². The third kappa shape index (κ3) is 3.09. The molecule has 1 fully saturated rings. The SMILES string of the molecule is CC.CNC1CCOC(C)C1O. The fourth-order valence-corrected chi connectivity index (χ4v) is 1.29. The molecule has 1 rings (SSSR count). The first kappa shape index (κ1) is 11.9. The zero-order chi connectivity index (χ0) is 9.56. The lowest BCUT2D eigenvalue weighted by molar-refractivity contribution is -0.0800. The van der Waals surface area contributed by atoms with Gasteiger partial charge in [-0.25, -0.2) is 0 Å². The second-order valence-electron chi connectivity index (χ2n) is 2.75. The van der Waals surface area contributed by atoms with Crippen LogP contribution in [0.4, 0.5) is 0 Å². The molecule has 0 radical (unpaired) electrons. The highest BCUT2D eigenvalue weighted by molar-refractivity contribution is 4.82. The van der Waals surface area contributed by atoms with E-state index in [0.717, 1.165) is 13.0 Å². The molecule has 3 heteroatoms. The summed E-state index contributed by atoms with van der Waals surface area (Å²) in [6, 6.07) is 0.212. The van der Waals surface area contributed by atoms with Gasteiger partial charge >= 0.3 is 0 Å². The van der Waals surface area contributed by atoms with E-state index in [-0.39, 0.29) is 18.2 Å². The van der Waals surface area contributed by atoms with E-state index >= 15 is 0 Å². The maximum Gasteiger partial charge on any atom is 0.0952 e. The van der Waals surface area contributed by atoms with Gasteiger partial charge in [0, 0.05) is 12.6 Å². The second-order valence-corrected chi connectivity index (χ2v) is 2.75. The first-order valence-electron chi connectivity index (χ1n) is 4.72. The highest BCUT2D eigenvalue weighted by Gasteiger charge is 2.27. The van der Waals surface area contributed by atoms with E-state index in [0.29, 0.717) is 0 Å². The highest BCUT2D eigenvalue weighted by atomic mass is 16.5. The van der Waals surface area contributed by atoms with Gasteiger partial charge in [-0.3, -0.25) is 0 Å². The van der Waals surface area contributed by atoms with Crippen molar-refractivity contribution in [2.75, 3.05) is 13.7 Å². The molecular formula is C9H21NO2. The number of hydrogen-bond donors (Lipinski definition) is 2.